The maximum absolute atomic E-state index is 5.92. The van der Waals surface area contributed by atoms with E-state index in [0.29, 0.717) is 6.54 Å². The highest BCUT2D eigenvalue weighted by atomic mass is 15.3. The molecule has 0 radical (unpaired) electrons. The Bertz CT molecular complexity index is 594. The zero-order valence-corrected chi connectivity index (χ0v) is 13.7. The van der Waals surface area contributed by atoms with Crippen LogP contribution in [0.25, 0.3) is 0 Å². The minimum Gasteiger partial charge on any atom is -0.326 e. The molecule has 0 saturated heterocycles. The van der Waals surface area contributed by atoms with Gasteiger partial charge in [0, 0.05) is 24.3 Å². The Morgan fingerprint density at radius 3 is 2.29 bits per heavy atom. The Kier molecular flexibility index (Phi) is 5.17. The summed E-state index contributed by atoms with van der Waals surface area (Å²) in [5, 5.41) is 9.39. The van der Waals surface area contributed by atoms with Gasteiger partial charge in [0.2, 0.25) is 0 Å². The zero-order valence-electron chi connectivity index (χ0n) is 13.7. The lowest BCUT2D eigenvalue weighted by Gasteiger charge is -2.08. The molecule has 116 valence electrons. The van der Waals surface area contributed by atoms with E-state index in [1.54, 1.807) is 0 Å². The Morgan fingerprint density at radius 1 is 1.00 bits per heavy atom. The van der Waals surface area contributed by atoms with Crippen LogP contribution in [0.3, 0.4) is 0 Å². The van der Waals surface area contributed by atoms with Crippen LogP contribution in [0.15, 0.2) is 6.07 Å². The maximum atomic E-state index is 5.92. The van der Waals surface area contributed by atoms with Gasteiger partial charge in [-0.2, -0.15) is 10.2 Å². The minimum absolute atomic E-state index is 0.569. The molecule has 0 spiro atoms. The molecule has 0 bridgehead atoms. The third-order valence-corrected chi connectivity index (χ3v) is 4.01. The van der Waals surface area contributed by atoms with Gasteiger partial charge in [0.15, 0.2) is 0 Å². The quantitative estimate of drug-likeness (QED) is 0.850. The molecule has 0 aliphatic carbocycles. The summed E-state index contributed by atoms with van der Waals surface area (Å²) in [4.78, 5) is 0. The lowest BCUT2D eigenvalue weighted by Crippen LogP contribution is -2.12. The Balaban J connectivity index is 2.39. The molecule has 0 saturated carbocycles. The monoisotopic (exact) mass is 289 g/mol. The molecule has 21 heavy (non-hydrogen) atoms. The second-order valence-electron chi connectivity index (χ2n) is 5.24. The molecule has 0 unspecified atom stereocenters. The SMILES string of the molecule is CCc1cc(Cn2nc(CC)c(CN)c2CC)n(CC)n1. The number of nitrogens with two attached hydrogens (primary N) is 1. The molecular formula is C16H27N5. The van der Waals surface area contributed by atoms with Crippen molar-refractivity contribution >= 4 is 0 Å². The van der Waals surface area contributed by atoms with Gasteiger partial charge in [0.1, 0.15) is 0 Å². The van der Waals surface area contributed by atoms with Crippen LogP contribution < -0.4 is 5.73 Å². The summed E-state index contributed by atoms with van der Waals surface area (Å²) in [6.45, 7) is 10.8. The van der Waals surface area contributed by atoms with E-state index in [9.17, 15) is 0 Å². The van der Waals surface area contributed by atoms with Gasteiger partial charge in [-0.3, -0.25) is 9.36 Å². The van der Waals surface area contributed by atoms with E-state index < -0.39 is 0 Å². The van der Waals surface area contributed by atoms with Crippen LogP contribution >= 0.6 is 0 Å². The summed E-state index contributed by atoms with van der Waals surface area (Å²) in [6, 6.07) is 2.19. The summed E-state index contributed by atoms with van der Waals surface area (Å²) in [6.07, 6.45) is 2.86. The van der Waals surface area contributed by atoms with E-state index in [4.69, 9.17) is 10.8 Å². The fourth-order valence-corrected chi connectivity index (χ4v) is 2.88. The molecule has 0 amide bonds. The number of aryl methyl sites for hydroxylation is 3. The fourth-order valence-electron chi connectivity index (χ4n) is 2.88. The molecule has 5 heteroatoms. The van der Waals surface area contributed by atoms with Gasteiger partial charge in [0.25, 0.3) is 0 Å². The van der Waals surface area contributed by atoms with Gasteiger partial charge in [-0.05, 0) is 32.3 Å². The van der Waals surface area contributed by atoms with Crippen LogP contribution in [0.1, 0.15) is 56.0 Å². The number of hydrogen-bond acceptors (Lipinski definition) is 3. The predicted octanol–water partition coefficient (Wildman–Crippen LogP) is 2.29. The van der Waals surface area contributed by atoms with Crippen LogP contribution in [-0.4, -0.2) is 19.6 Å². The van der Waals surface area contributed by atoms with Crippen molar-refractivity contribution in [1.82, 2.24) is 19.6 Å². The zero-order chi connectivity index (χ0) is 15.4. The minimum atomic E-state index is 0.569. The molecule has 0 aliphatic heterocycles. The van der Waals surface area contributed by atoms with E-state index in [2.05, 4.69) is 48.2 Å². The molecular weight excluding hydrogens is 262 g/mol. The Hall–Kier alpha value is -1.62. The first kappa shape index (κ1) is 15.8. The van der Waals surface area contributed by atoms with Gasteiger partial charge in [-0.25, -0.2) is 0 Å². The average molecular weight is 289 g/mol. The topological polar surface area (TPSA) is 61.7 Å². The molecule has 0 fully saturated rings. The third kappa shape index (κ3) is 3.02. The van der Waals surface area contributed by atoms with Gasteiger partial charge >= 0.3 is 0 Å². The highest BCUT2D eigenvalue weighted by molar-refractivity contribution is 5.27. The number of hydrogen-bond donors (Lipinski definition) is 1. The predicted molar refractivity (Wildman–Crippen MR) is 85.3 cm³/mol. The van der Waals surface area contributed by atoms with Crippen LogP contribution in [0.2, 0.25) is 0 Å². The van der Waals surface area contributed by atoms with Crippen LogP contribution in [0.4, 0.5) is 0 Å². The van der Waals surface area contributed by atoms with Crippen LogP contribution in [0, 0.1) is 0 Å². The van der Waals surface area contributed by atoms with Crippen LogP contribution in [0.5, 0.6) is 0 Å². The first-order chi connectivity index (χ1) is 10.2. The summed E-state index contributed by atoms with van der Waals surface area (Å²) in [5.41, 5.74) is 11.9. The molecule has 0 aromatic carbocycles. The summed E-state index contributed by atoms with van der Waals surface area (Å²) in [5.74, 6) is 0. The van der Waals surface area contributed by atoms with Crippen molar-refractivity contribution in [3.8, 4) is 0 Å². The molecule has 2 heterocycles. The third-order valence-electron chi connectivity index (χ3n) is 4.01. The van der Waals surface area contributed by atoms with Gasteiger partial charge in [-0.15, -0.1) is 0 Å². The lowest BCUT2D eigenvalue weighted by atomic mass is 10.1. The van der Waals surface area contributed by atoms with Crippen molar-refractivity contribution in [3.05, 3.63) is 34.4 Å². The first-order valence-corrected chi connectivity index (χ1v) is 8.01. The number of aromatic nitrogens is 4. The molecule has 2 aromatic rings. The standard InChI is InChI=1S/C16H27N5/c1-5-12-9-13(20(8-4)18-12)11-21-16(7-3)14(10-17)15(6-2)19-21/h9H,5-8,10-11,17H2,1-4H3. The average Bonchev–Trinajstić information content (AvgIpc) is 3.07. The number of rotatable bonds is 7. The van der Waals surface area contributed by atoms with E-state index in [1.165, 1.54) is 17.0 Å². The largest absolute Gasteiger partial charge is 0.326 e. The van der Waals surface area contributed by atoms with Gasteiger partial charge < -0.3 is 5.73 Å². The lowest BCUT2D eigenvalue weighted by molar-refractivity contribution is 0.559. The van der Waals surface area contributed by atoms with E-state index >= 15 is 0 Å². The van der Waals surface area contributed by atoms with Crippen molar-refractivity contribution in [2.45, 2.75) is 66.6 Å². The second kappa shape index (κ2) is 6.89. The smallest absolute Gasteiger partial charge is 0.0831 e. The second-order valence-corrected chi connectivity index (χ2v) is 5.24. The molecule has 2 N–H and O–H groups in total. The van der Waals surface area contributed by atoms with Crippen molar-refractivity contribution in [2.24, 2.45) is 5.73 Å². The van der Waals surface area contributed by atoms with Crippen molar-refractivity contribution in [2.75, 3.05) is 0 Å². The maximum Gasteiger partial charge on any atom is 0.0831 e. The van der Waals surface area contributed by atoms with Gasteiger partial charge in [0.05, 0.1) is 23.6 Å². The molecule has 2 rings (SSSR count). The van der Waals surface area contributed by atoms with E-state index in [-0.39, 0.29) is 0 Å². The Morgan fingerprint density at radius 2 is 1.76 bits per heavy atom. The van der Waals surface area contributed by atoms with E-state index in [1.807, 2.05) is 0 Å². The summed E-state index contributed by atoms with van der Waals surface area (Å²) < 4.78 is 4.19. The van der Waals surface area contributed by atoms with Crippen molar-refractivity contribution < 1.29 is 0 Å². The molecule has 0 atom stereocenters. The molecule has 2 aromatic heterocycles. The number of nitrogens with zero attached hydrogens (tertiary/aromatic N) is 4. The fraction of sp³-hybridized carbons (Fsp3) is 0.625. The van der Waals surface area contributed by atoms with Gasteiger partial charge in [-0.1, -0.05) is 20.8 Å². The highest BCUT2D eigenvalue weighted by Gasteiger charge is 2.16. The Labute approximate surface area is 127 Å². The summed E-state index contributed by atoms with van der Waals surface area (Å²) >= 11 is 0. The van der Waals surface area contributed by atoms with Crippen molar-refractivity contribution in [3.63, 3.8) is 0 Å². The molecule has 5 nitrogen and oxygen atoms in total. The summed E-state index contributed by atoms with van der Waals surface area (Å²) in [7, 11) is 0. The van der Waals surface area contributed by atoms with Crippen LogP contribution in [-0.2, 0) is 38.9 Å². The first-order valence-electron chi connectivity index (χ1n) is 8.01. The molecule has 0 aliphatic rings. The normalized spacial score (nSPS) is 11.3. The van der Waals surface area contributed by atoms with Crippen molar-refractivity contribution in [1.29, 1.82) is 0 Å². The highest BCUT2D eigenvalue weighted by Crippen LogP contribution is 2.18. The van der Waals surface area contributed by atoms with E-state index in [0.717, 1.165) is 43.7 Å².